The summed E-state index contributed by atoms with van der Waals surface area (Å²) in [6.45, 7) is 7.68. The van der Waals surface area contributed by atoms with Crippen molar-refractivity contribution in [3.63, 3.8) is 0 Å². The lowest BCUT2D eigenvalue weighted by atomic mass is 10.2. The first-order valence-electron chi connectivity index (χ1n) is 7.41. The minimum absolute atomic E-state index is 0.304. The van der Waals surface area contributed by atoms with Gasteiger partial charge in [0.15, 0.2) is 0 Å². The molecule has 0 radical (unpaired) electrons. The number of hydrogen-bond acceptors (Lipinski definition) is 3. The van der Waals surface area contributed by atoms with E-state index in [1.807, 2.05) is 31.2 Å². The Bertz CT molecular complexity index is 545. The largest absolute Gasteiger partial charge is 0.293 e. The van der Waals surface area contributed by atoms with Gasteiger partial charge in [-0.2, -0.15) is 0 Å². The van der Waals surface area contributed by atoms with Gasteiger partial charge in [-0.05, 0) is 32.5 Å². The maximum Gasteiger partial charge on any atom is 0.293 e. The van der Waals surface area contributed by atoms with E-state index in [4.69, 9.17) is 0 Å². The standard InChI is InChI=1S/C16H26N3OPS/c1-6-12-19(21(20,17-5)22-15(4)7-2)13-18-16-10-8-14(3)9-11-16/h6,8-11,13,15H,1,7,12H2,2-5H3,(H,17,20). The average Bonchev–Trinajstić information content (AvgIpc) is 2.52. The normalized spacial score (nSPS) is 15.5. The molecule has 1 N–H and O–H groups in total. The first-order valence-corrected chi connectivity index (χ1v) is 10.6. The zero-order valence-electron chi connectivity index (χ0n) is 13.8. The molecule has 0 bridgehead atoms. The molecule has 2 atom stereocenters. The number of nitrogens with zero attached hydrogens (tertiary/aromatic N) is 2. The summed E-state index contributed by atoms with van der Waals surface area (Å²) in [4.78, 5) is 4.44. The molecule has 6 heteroatoms. The van der Waals surface area contributed by atoms with Crippen LogP contribution >= 0.6 is 18.0 Å². The Kier molecular flexibility index (Phi) is 7.94. The van der Waals surface area contributed by atoms with E-state index in [9.17, 15) is 4.57 Å². The first kappa shape index (κ1) is 19.0. The van der Waals surface area contributed by atoms with Gasteiger partial charge in [-0.1, -0.05) is 49.0 Å². The summed E-state index contributed by atoms with van der Waals surface area (Å²) in [6, 6.07) is 7.92. The van der Waals surface area contributed by atoms with Crippen LogP contribution < -0.4 is 5.09 Å². The van der Waals surface area contributed by atoms with Crippen LogP contribution in [0.25, 0.3) is 0 Å². The van der Waals surface area contributed by atoms with Crippen molar-refractivity contribution >= 4 is 30.1 Å². The van der Waals surface area contributed by atoms with Crippen molar-refractivity contribution in [1.82, 2.24) is 9.76 Å². The van der Waals surface area contributed by atoms with Crippen LogP contribution in [0.1, 0.15) is 25.8 Å². The lowest BCUT2D eigenvalue weighted by molar-refractivity contribution is 0.542. The second-order valence-electron chi connectivity index (χ2n) is 5.06. The minimum Gasteiger partial charge on any atom is -0.290 e. The summed E-state index contributed by atoms with van der Waals surface area (Å²) in [5, 5.41) is 3.28. The van der Waals surface area contributed by atoms with Gasteiger partial charge < -0.3 is 0 Å². The predicted molar refractivity (Wildman–Crippen MR) is 100 cm³/mol. The molecule has 0 aliphatic carbocycles. The third kappa shape index (κ3) is 5.64. The van der Waals surface area contributed by atoms with E-state index in [2.05, 4.69) is 30.5 Å². The van der Waals surface area contributed by atoms with Crippen molar-refractivity contribution < 1.29 is 4.57 Å². The van der Waals surface area contributed by atoms with Gasteiger partial charge >= 0.3 is 0 Å². The Balaban J connectivity index is 2.97. The van der Waals surface area contributed by atoms with Crippen LogP contribution in [0.3, 0.4) is 0 Å². The molecule has 0 heterocycles. The number of aryl methyl sites for hydroxylation is 1. The maximum absolute atomic E-state index is 13.2. The molecule has 0 fully saturated rings. The molecule has 0 aliphatic rings. The number of benzene rings is 1. The van der Waals surface area contributed by atoms with Crippen molar-refractivity contribution in [2.24, 2.45) is 4.99 Å². The zero-order valence-corrected chi connectivity index (χ0v) is 15.5. The monoisotopic (exact) mass is 339 g/mol. The van der Waals surface area contributed by atoms with Gasteiger partial charge in [0.2, 0.25) is 0 Å². The molecule has 0 saturated heterocycles. The second kappa shape index (κ2) is 9.19. The van der Waals surface area contributed by atoms with Gasteiger partial charge in [0.1, 0.15) is 0 Å². The quantitative estimate of drug-likeness (QED) is 0.297. The van der Waals surface area contributed by atoms with Gasteiger partial charge in [0, 0.05) is 11.8 Å². The highest BCUT2D eigenvalue weighted by Gasteiger charge is 2.29. The fourth-order valence-corrected chi connectivity index (χ4v) is 6.23. The van der Waals surface area contributed by atoms with Crippen LogP contribution in [0.15, 0.2) is 41.9 Å². The molecular weight excluding hydrogens is 313 g/mol. The Labute approximate surface area is 138 Å². The van der Waals surface area contributed by atoms with Crippen LogP contribution in [0, 0.1) is 6.92 Å². The van der Waals surface area contributed by atoms with Crippen molar-refractivity contribution in [3.8, 4) is 0 Å². The van der Waals surface area contributed by atoms with Crippen molar-refractivity contribution in [2.45, 2.75) is 32.4 Å². The molecule has 0 spiro atoms. The fraction of sp³-hybridized carbons (Fsp3) is 0.438. The molecule has 1 aromatic rings. The lowest BCUT2D eigenvalue weighted by Gasteiger charge is -2.29. The molecule has 1 aromatic carbocycles. The van der Waals surface area contributed by atoms with Crippen LogP contribution in [0.4, 0.5) is 5.69 Å². The van der Waals surface area contributed by atoms with Gasteiger partial charge in [-0.3, -0.25) is 9.24 Å². The average molecular weight is 339 g/mol. The summed E-state index contributed by atoms with van der Waals surface area (Å²) in [7, 11) is 1.73. The second-order valence-corrected chi connectivity index (χ2v) is 10.2. The third-order valence-electron chi connectivity index (χ3n) is 3.21. The Morgan fingerprint density at radius 2 is 2.09 bits per heavy atom. The summed E-state index contributed by atoms with van der Waals surface area (Å²) in [5.74, 6) is 0. The fourth-order valence-electron chi connectivity index (χ4n) is 1.68. The molecule has 0 aliphatic heterocycles. The van der Waals surface area contributed by atoms with Crippen LogP contribution in [-0.2, 0) is 4.57 Å². The molecule has 0 amide bonds. The topological polar surface area (TPSA) is 44.7 Å². The number of nitrogens with one attached hydrogen (secondary N) is 1. The molecule has 2 unspecified atom stereocenters. The smallest absolute Gasteiger partial charge is 0.290 e. The van der Waals surface area contributed by atoms with E-state index < -0.39 is 6.65 Å². The number of aliphatic imine (C=N–C) groups is 1. The highest BCUT2D eigenvalue weighted by molar-refractivity contribution is 8.57. The van der Waals surface area contributed by atoms with E-state index in [-0.39, 0.29) is 0 Å². The molecule has 4 nitrogen and oxygen atoms in total. The van der Waals surface area contributed by atoms with E-state index in [0.717, 1.165) is 12.1 Å². The van der Waals surface area contributed by atoms with Crippen LogP contribution in [0.5, 0.6) is 0 Å². The molecule has 1 rings (SSSR count). The van der Waals surface area contributed by atoms with E-state index in [1.54, 1.807) is 24.1 Å². The molecular formula is C16H26N3OPS. The molecule has 0 aromatic heterocycles. The highest BCUT2D eigenvalue weighted by atomic mass is 32.7. The van der Waals surface area contributed by atoms with Gasteiger partial charge in [-0.25, -0.2) is 10.1 Å². The molecule has 122 valence electrons. The van der Waals surface area contributed by atoms with Crippen molar-refractivity contribution in [1.29, 1.82) is 0 Å². The van der Waals surface area contributed by atoms with E-state index in [0.29, 0.717) is 11.8 Å². The lowest BCUT2D eigenvalue weighted by Crippen LogP contribution is -2.24. The van der Waals surface area contributed by atoms with E-state index in [1.165, 1.54) is 16.9 Å². The summed E-state index contributed by atoms with van der Waals surface area (Å²) >= 11 is 1.46. The SMILES string of the molecule is C=CCN(C=Nc1ccc(C)cc1)P(=O)(NC)SC(C)CC. The van der Waals surface area contributed by atoms with Crippen molar-refractivity contribution in [2.75, 3.05) is 13.6 Å². The van der Waals surface area contributed by atoms with Gasteiger partial charge in [0.05, 0.1) is 12.0 Å². The number of hydrogen-bond donors (Lipinski definition) is 1. The minimum atomic E-state index is -2.77. The van der Waals surface area contributed by atoms with Gasteiger partial charge in [0.25, 0.3) is 6.65 Å². The summed E-state index contributed by atoms with van der Waals surface area (Å²) in [6.07, 6.45) is 4.36. The number of rotatable bonds is 9. The third-order valence-corrected chi connectivity index (χ3v) is 8.81. The molecule has 22 heavy (non-hydrogen) atoms. The molecule has 0 saturated carbocycles. The van der Waals surface area contributed by atoms with Crippen LogP contribution in [0.2, 0.25) is 0 Å². The zero-order chi connectivity index (χ0) is 16.6. The van der Waals surface area contributed by atoms with E-state index >= 15 is 0 Å². The Morgan fingerprint density at radius 3 is 2.59 bits per heavy atom. The first-order chi connectivity index (χ1) is 10.4. The summed E-state index contributed by atoms with van der Waals surface area (Å²) < 4.78 is 14.9. The predicted octanol–water partition coefficient (Wildman–Crippen LogP) is 5.00. The Morgan fingerprint density at radius 1 is 1.45 bits per heavy atom. The maximum atomic E-state index is 13.2. The van der Waals surface area contributed by atoms with Gasteiger partial charge in [-0.15, -0.1) is 6.58 Å². The highest BCUT2D eigenvalue weighted by Crippen LogP contribution is 2.59. The van der Waals surface area contributed by atoms with Crippen molar-refractivity contribution in [3.05, 3.63) is 42.5 Å². The summed E-state index contributed by atoms with van der Waals surface area (Å²) in [5.41, 5.74) is 2.03. The van der Waals surface area contributed by atoms with Crippen LogP contribution in [-0.4, -0.2) is 29.9 Å². The Hall–Kier alpha value is -1.03.